The Balaban J connectivity index is 1.83. The fourth-order valence-electron chi connectivity index (χ4n) is 2.60. The van der Waals surface area contributed by atoms with Crippen LogP contribution in [0.5, 0.6) is 0 Å². The first-order valence-electron chi connectivity index (χ1n) is 7.23. The molecular formula is C17H25N. The zero-order valence-electron chi connectivity index (χ0n) is 11.6. The van der Waals surface area contributed by atoms with Crippen LogP contribution in [0.25, 0.3) is 5.57 Å². The lowest BCUT2D eigenvalue weighted by atomic mass is 10.1. The molecule has 0 radical (unpaired) electrons. The van der Waals surface area contributed by atoms with E-state index in [4.69, 9.17) is 0 Å². The van der Waals surface area contributed by atoms with Crippen LogP contribution in [0.15, 0.2) is 30.8 Å². The molecule has 0 atom stereocenters. The molecule has 0 aliphatic carbocycles. The first kappa shape index (κ1) is 13.4. The molecule has 0 bridgehead atoms. The van der Waals surface area contributed by atoms with Crippen LogP contribution in [-0.2, 0) is 6.42 Å². The maximum atomic E-state index is 3.98. The van der Waals surface area contributed by atoms with Crippen molar-refractivity contribution in [2.45, 2.75) is 39.0 Å². The lowest BCUT2D eigenvalue weighted by molar-refractivity contribution is 0.289. The molecule has 18 heavy (non-hydrogen) atoms. The highest BCUT2D eigenvalue weighted by Crippen LogP contribution is 2.14. The Bertz CT molecular complexity index is 369. The van der Waals surface area contributed by atoms with Crippen LogP contribution in [0.2, 0.25) is 0 Å². The smallest absolute Gasteiger partial charge is 0.00218 e. The highest BCUT2D eigenvalue weighted by molar-refractivity contribution is 5.61. The lowest BCUT2D eigenvalue weighted by Crippen LogP contribution is -2.26. The van der Waals surface area contributed by atoms with Gasteiger partial charge >= 0.3 is 0 Å². The van der Waals surface area contributed by atoms with Gasteiger partial charge in [-0.2, -0.15) is 0 Å². The maximum absolute atomic E-state index is 3.98. The zero-order chi connectivity index (χ0) is 12.8. The Morgan fingerprint density at radius 2 is 1.67 bits per heavy atom. The van der Waals surface area contributed by atoms with Gasteiger partial charge in [0.15, 0.2) is 0 Å². The van der Waals surface area contributed by atoms with Crippen LogP contribution in [0.4, 0.5) is 0 Å². The van der Waals surface area contributed by atoms with Crippen molar-refractivity contribution in [3.63, 3.8) is 0 Å². The average molecular weight is 243 g/mol. The molecule has 0 N–H and O–H groups in total. The van der Waals surface area contributed by atoms with Crippen LogP contribution in [0.1, 0.15) is 43.7 Å². The van der Waals surface area contributed by atoms with Crippen molar-refractivity contribution in [1.82, 2.24) is 4.90 Å². The van der Waals surface area contributed by atoms with Crippen molar-refractivity contribution in [1.29, 1.82) is 0 Å². The summed E-state index contributed by atoms with van der Waals surface area (Å²) in [6.45, 7) is 9.84. The molecule has 2 rings (SSSR count). The maximum Gasteiger partial charge on any atom is 0.00218 e. The SMILES string of the molecule is C=C(C)c1ccc(CCN2CCCCCC2)cc1. The fourth-order valence-corrected chi connectivity index (χ4v) is 2.60. The summed E-state index contributed by atoms with van der Waals surface area (Å²) >= 11 is 0. The molecule has 1 aromatic carbocycles. The number of hydrogen-bond donors (Lipinski definition) is 0. The van der Waals surface area contributed by atoms with E-state index < -0.39 is 0 Å². The monoisotopic (exact) mass is 243 g/mol. The minimum Gasteiger partial charge on any atom is -0.303 e. The van der Waals surface area contributed by atoms with Crippen molar-refractivity contribution in [3.8, 4) is 0 Å². The van der Waals surface area contributed by atoms with E-state index in [1.807, 2.05) is 0 Å². The molecule has 0 spiro atoms. The van der Waals surface area contributed by atoms with Crippen molar-refractivity contribution in [2.24, 2.45) is 0 Å². The van der Waals surface area contributed by atoms with Crippen LogP contribution >= 0.6 is 0 Å². The van der Waals surface area contributed by atoms with Gasteiger partial charge in [-0.1, -0.05) is 49.3 Å². The van der Waals surface area contributed by atoms with Crippen LogP contribution in [0, 0.1) is 0 Å². The molecule has 0 saturated carbocycles. The molecule has 1 heteroatoms. The summed E-state index contributed by atoms with van der Waals surface area (Å²) in [5.41, 5.74) is 3.85. The minimum atomic E-state index is 1.15. The van der Waals surface area contributed by atoms with Crippen molar-refractivity contribution < 1.29 is 0 Å². The third-order valence-corrected chi connectivity index (χ3v) is 3.86. The van der Waals surface area contributed by atoms with E-state index in [1.165, 1.54) is 62.9 Å². The molecule has 1 nitrogen and oxygen atoms in total. The molecular weight excluding hydrogens is 218 g/mol. The van der Waals surface area contributed by atoms with Gasteiger partial charge in [0.25, 0.3) is 0 Å². The van der Waals surface area contributed by atoms with Crippen LogP contribution in [0.3, 0.4) is 0 Å². The second-order valence-corrected chi connectivity index (χ2v) is 5.48. The van der Waals surface area contributed by atoms with E-state index in [0.717, 1.165) is 5.57 Å². The summed E-state index contributed by atoms with van der Waals surface area (Å²) in [5, 5.41) is 0. The summed E-state index contributed by atoms with van der Waals surface area (Å²) in [6, 6.07) is 8.89. The average Bonchev–Trinajstić information content (AvgIpc) is 2.65. The summed E-state index contributed by atoms with van der Waals surface area (Å²) in [4.78, 5) is 2.62. The highest BCUT2D eigenvalue weighted by atomic mass is 15.1. The van der Waals surface area contributed by atoms with Gasteiger partial charge in [0, 0.05) is 6.54 Å². The Kier molecular flexibility index (Phi) is 5.00. The molecule has 1 aliphatic rings. The summed E-state index contributed by atoms with van der Waals surface area (Å²) in [7, 11) is 0. The van der Waals surface area contributed by atoms with E-state index in [-0.39, 0.29) is 0 Å². The molecule has 1 aromatic rings. The van der Waals surface area contributed by atoms with Gasteiger partial charge in [-0.05, 0) is 50.4 Å². The molecule has 0 amide bonds. The van der Waals surface area contributed by atoms with Crippen molar-refractivity contribution in [2.75, 3.05) is 19.6 Å². The van der Waals surface area contributed by atoms with E-state index in [2.05, 4.69) is 42.7 Å². The van der Waals surface area contributed by atoms with E-state index in [0.29, 0.717) is 0 Å². The van der Waals surface area contributed by atoms with Gasteiger partial charge in [0.05, 0.1) is 0 Å². The number of hydrogen-bond acceptors (Lipinski definition) is 1. The third-order valence-electron chi connectivity index (χ3n) is 3.86. The molecule has 1 fully saturated rings. The third kappa shape index (κ3) is 3.99. The minimum absolute atomic E-state index is 1.15. The number of rotatable bonds is 4. The Hall–Kier alpha value is -1.08. The van der Waals surface area contributed by atoms with Gasteiger partial charge in [-0.25, -0.2) is 0 Å². The Morgan fingerprint density at radius 1 is 1.06 bits per heavy atom. The molecule has 98 valence electrons. The van der Waals surface area contributed by atoms with Crippen LogP contribution in [-0.4, -0.2) is 24.5 Å². The summed E-state index contributed by atoms with van der Waals surface area (Å²) < 4.78 is 0. The molecule has 0 unspecified atom stereocenters. The normalized spacial score (nSPS) is 17.4. The zero-order valence-corrected chi connectivity index (χ0v) is 11.6. The second kappa shape index (κ2) is 6.75. The largest absolute Gasteiger partial charge is 0.303 e. The van der Waals surface area contributed by atoms with E-state index >= 15 is 0 Å². The van der Waals surface area contributed by atoms with Crippen molar-refractivity contribution in [3.05, 3.63) is 42.0 Å². The highest BCUT2D eigenvalue weighted by Gasteiger charge is 2.08. The topological polar surface area (TPSA) is 3.24 Å². The number of allylic oxidation sites excluding steroid dienone is 1. The number of likely N-dealkylation sites (tertiary alicyclic amines) is 1. The standard InChI is InChI=1S/C17H25N/c1-15(2)17-9-7-16(8-10-17)11-14-18-12-5-3-4-6-13-18/h7-10H,1,3-6,11-14H2,2H3. The predicted octanol–water partition coefficient (Wildman–Crippen LogP) is 4.14. The summed E-state index contributed by atoms with van der Waals surface area (Å²) in [6.07, 6.45) is 6.79. The van der Waals surface area contributed by atoms with Gasteiger partial charge in [-0.3, -0.25) is 0 Å². The first-order valence-corrected chi connectivity index (χ1v) is 7.23. The summed E-state index contributed by atoms with van der Waals surface area (Å²) in [5.74, 6) is 0. The lowest BCUT2D eigenvalue weighted by Gasteiger charge is -2.19. The molecule has 0 aromatic heterocycles. The van der Waals surface area contributed by atoms with Gasteiger partial charge < -0.3 is 4.90 Å². The second-order valence-electron chi connectivity index (χ2n) is 5.48. The van der Waals surface area contributed by atoms with Gasteiger partial charge in [0.1, 0.15) is 0 Å². The quantitative estimate of drug-likeness (QED) is 0.768. The van der Waals surface area contributed by atoms with Crippen molar-refractivity contribution >= 4 is 5.57 Å². The number of nitrogens with zero attached hydrogens (tertiary/aromatic N) is 1. The molecule has 1 saturated heterocycles. The molecule has 1 aliphatic heterocycles. The Labute approximate surface area is 112 Å². The van der Waals surface area contributed by atoms with E-state index in [1.54, 1.807) is 0 Å². The fraction of sp³-hybridized carbons (Fsp3) is 0.529. The predicted molar refractivity (Wildman–Crippen MR) is 79.8 cm³/mol. The molecule has 1 heterocycles. The van der Waals surface area contributed by atoms with Gasteiger partial charge in [-0.15, -0.1) is 0 Å². The van der Waals surface area contributed by atoms with Crippen LogP contribution < -0.4 is 0 Å². The number of benzene rings is 1. The van der Waals surface area contributed by atoms with Gasteiger partial charge in [0.2, 0.25) is 0 Å². The first-order chi connectivity index (χ1) is 8.75. The Morgan fingerprint density at radius 3 is 2.22 bits per heavy atom. The van der Waals surface area contributed by atoms with E-state index in [9.17, 15) is 0 Å².